The standard InChI is InChI=1S/C17H24ClN3O2/c1-23-16-6-5-11(18)9-15(16)21-8-7-12(10-21)20-17(22)13-3-2-4-14(13)19/h5-6,9,12-14H,2-4,7-8,10,19H2,1H3,(H,20,22). The fourth-order valence-electron chi connectivity index (χ4n) is 3.63. The lowest BCUT2D eigenvalue weighted by molar-refractivity contribution is -0.125. The quantitative estimate of drug-likeness (QED) is 0.883. The van der Waals surface area contributed by atoms with Gasteiger partial charge in [-0.15, -0.1) is 0 Å². The Hall–Kier alpha value is -1.46. The van der Waals surface area contributed by atoms with Gasteiger partial charge in [0.25, 0.3) is 0 Å². The van der Waals surface area contributed by atoms with E-state index in [1.165, 1.54) is 0 Å². The lowest BCUT2D eigenvalue weighted by Crippen LogP contribution is -2.44. The summed E-state index contributed by atoms with van der Waals surface area (Å²) in [7, 11) is 1.66. The summed E-state index contributed by atoms with van der Waals surface area (Å²) in [5.41, 5.74) is 7.01. The highest BCUT2D eigenvalue weighted by molar-refractivity contribution is 6.30. The Bertz CT molecular complexity index is 581. The first-order valence-electron chi connectivity index (χ1n) is 8.23. The fraction of sp³-hybridized carbons (Fsp3) is 0.588. The van der Waals surface area contributed by atoms with E-state index in [2.05, 4.69) is 10.2 Å². The second kappa shape index (κ2) is 6.97. The van der Waals surface area contributed by atoms with Gasteiger partial charge in [-0.3, -0.25) is 4.79 Å². The Morgan fingerprint density at radius 3 is 2.91 bits per heavy atom. The third-order valence-corrected chi connectivity index (χ3v) is 5.16. The summed E-state index contributed by atoms with van der Waals surface area (Å²) in [6.45, 7) is 1.64. The van der Waals surface area contributed by atoms with E-state index in [0.717, 1.165) is 50.2 Å². The fourth-order valence-corrected chi connectivity index (χ4v) is 3.80. The molecule has 1 saturated carbocycles. The lowest BCUT2D eigenvalue weighted by Gasteiger charge is -2.23. The highest BCUT2D eigenvalue weighted by Crippen LogP contribution is 2.33. The summed E-state index contributed by atoms with van der Waals surface area (Å²) in [4.78, 5) is 14.6. The van der Waals surface area contributed by atoms with Crippen LogP contribution in [0.1, 0.15) is 25.7 Å². The second-order valence-corrected chi connectivity index (χ2v) is 6.89. The van der Waals surface area contributed by atoms with Crippen molar-refractivity contribution in [3.63, 3.8) is 0 Å². The number of amides is 1. The van der Waals surface area contributed by atoms with Crippen molar-refractivity contribution in [2.75, 3.05) is 25.1 Å². The number of benzene rings is 1. The van der Waals surface area contributed by atoms with Crippen LogP contribution in [0.5, 0.6) is 5.75 Å². The van der Waals surface area contributed by atoms with Crippen molar-refractivity contribution in [1.29, 1.82) is 0 Å². The molecule has 1 aliphatic carbocycles. The average molecular weight is 338 g/mol. The van der Waals surface area contributed by atoms with Crippen molar-refractivity contribution < 1.29 is 9.53 Å². The van der Waals surface area contributed by atoms with E-state index < -0.39 is 0 Å². The normalized spacial score (nSPS) is 27.3. The highest BCUT2D eigenvalue weighted by atomic mass is 35.5. The predicted molar refractivity (Wildman–Crippen MR) is 92.1 cm³/mol. The van der Waals surface area contributed by atoms with Gasteiger partial charge in [-0.2, -0.15) is 0 Å². The largest absolute Gasteiger partial charge is 0.495 e. The first-order chi connectivity index (χ1) is 11.1. The van der Waals surface area contributed by atoms with Crippen molar-refractivity contribution in [3.05, 3.63) is 23.2 Å². The number of hydrogen-bond donors (Lipinski definition) is 2. The maximum atomic E-state index is 12.4. The number of carbonyl (C=O) groups excluding carboxylic acids is 1. The topological polar surface area (TPSA) is 67.6 Å². The molecule has 0 radical (unpaired) electrons. The molecule has 1 heterocycles. The van der Waals surface area contributed by atoms with E-state index in [1.54, 1.807) is 7.11 Å². The van der Waals surface area contributed by atoms with Gasteiger partial charge < -0.3 is 20.7 Å². The highest BCUT2D eigenvalue weighted by Gasteiger charge is 2.33. The lowest BCUT2D eigenvalue weighted by atomic mass is 10.0. The number of nitrogens with one attached hydrogen (secondary N) is 1. The van der Waals surface area contributed by atoms with Crippen molar-refractivity contribution in [2.45, 2.75) is 37.8 Å². The molecule has 1 saturated heterocycles. The van der Waals surface area contributed by atoms with Gasteiger partial charge in [-0.1, -0.05) is 18.0 Å². The molecule has 0 spiro atoms. The van der Waals surface area contributed by atoms with Crippen LogP contribution in [0.2, 0.25) is 5.02 Å². The zero-order valence-electron chi connectivity index (χ0n) is 13.4. The Kier molecular flexibility index (Phi) is 4.97. The smallest absolute Gasteiger partial charge is 0.224 e. The number of nitrogens with zero attached hydrogens (tertiary/aromatic N) is 1. The van der Waals surface area contributed by atoms with Crippen LogP contribution >= 0.6 is 11.6 Å². The molecular formula is C17H24ClN3O2. The van der Waals surface area contributed by atoms with Gasteiger partial charge in [0.15, 0.2) is 0 Å². The molecule has 3 rings (SSSR count). The minimum atomic E-state index is -0.0234. The second-order valence-electron chi connectivity index (χ2n) is 6.46. The summed E-state index contributed by atoms with van der Waals surface area (Å²) in [5, 5.41) is 3.85. The molecule has 3 unspecified atom stereocenters. The number of ether oxygens (including phenoxy) is 1. The number of halogens is 1. The molecule has 1 aliphatic heterocycles. The van der Waals surface area contributed by atoms with Crippen molar-refractivity contribution in [3.8, 4) is 5.75 Å². The summed E-state index contributed by atoms with van der Waals surface area (Å²) in [6, 6.07) is 5.78. The zero-order valence-corrected chi connectivity index (χ0v) is 14.2. The molecule has 0 bridgehead atoms. The third kappa shape index (κ3) is 3.56. The third-order valence-electron chi connectivity index (χ3n) is 4.92. The van der Waals surface area contributed by atoms with Crippen LogP contribution < -0.4 is 20.7 Å². The summed E-state index contributed by atoms with van der Waals surface area (Å²) in [5.74, 6) is 0.892. The molecular weight excluding hydrogens is 314 g/mol. The van der Waals surface area contributed by atoms with E-state index in [9.17, 15) is 4.79 Å². The maximum Gasteiger partial charge on any atom is 0.224 e. The monoisotopic (exact) mass is 337 g/mol. The first-order valence-corrected chi connectivity index (χ1v) is 8.60. The molecule has 0 aromatic heterocycles. The van der Waals surface area contributed by atoms with Gasteiger partial charge in [-0.05, 0) is 37.5 Å². The number of hydrogen-bond acceptors (Lipinski definition) is 4. The van der Waals surface area contributed by atoms with E-state index in [1.807, 2.05) is 18.2 Å². The van der Waals surface area contributed by atoms with Crippen LogP contribution in [0, 0.1) is 5.92 Å². The maximum absolute atomic E-state index is 12.4. The summed E-state index contributed by atoms with van der Waals surface area (Å²) in [6.07, 6.45) is 3.83. The molecule has 3 atom stereocenters. The van der Waals surface area contributed by atoms with Gasteiger partial charge >= 0.3 is 0 Å². The van der Waals surface area contributed by atoms with Crippen LogP contribution in [0.4, 0.5) is 5.69 Å². The van der Waals surface area contributed by atoms with Crippen LogP contribution in [-0.2, 0) is 4.79 Å². The SMILES string of the molecule is COc1ccc(Cl)cc1N1CCC(NC(=O)C2CCCC2N)C1. The molecule has 23 heavy (non-hydrogen) atoms. The number of anilines is 1. The average Bonchev–Trinajstić information content (AvgIpc) is 3.16. The van der Waals surface area contributed by atoms with Crippen LogP contribution in [0.15, 0.2) is 18.2 Å². The van der Waals surface area contributed by atoms with Crippen LogP contribution in [0.25, 0.3) is 0 Å². The predicted octanol–water partition coefficient (Wildman–Crippen LogP) is 2.17. The van der Waals surface area contributed by atoms with E-state index in [4.69, 9.17) is 22.1 Å². The number of rotatable bonds is 4. The molecule has 126 valence electrons. The Balaban J connectivity index is 1.62. The first kappa shape index (κ1) is 16.4. The molecule has 3 N–H and O–H groups in total. The van der Waals surface area contributed by atoms with Gasteiger partial charge in [0.2, 0.25) is 5.91 Å². The van der Waals surface area contributed by atoms with Gasteiger partial charge in [0.1, 0.15) is 5.75 Å². The van der Waals surface area contributed by atoms with E-state index in [-0.39, 0.29) is 23.9 Å². The van der Waals surface area contributed by atoms with Crippen molar-refractivity contribution in [2.24, 2.45) is 11.7 Å². The minimum Gasteiger partial charge on any atom is -0.495 e. The summed E-state index contributed by atoms with van der Waals surface area (Å²) < 4.78 is 5.42. The molecule has 1 aromatic rings. The molecule has 1 aromatic carbocycles. The molecule has 6 heteroatoms. The van der Waals surface area contributed by atoms with Crippen LogP contribution in [0.3, 0.4) is 0 Å². The minimum absolute atomic E-state index is 0.0144. The summed E-state index contributed by atoms with van der Waals surface area (Å²) >= 11 is 6.11. The molecule has 2 aliphatic rings. The molecule has 1 amide bonds. The Morgan fingerprint density at radius 1 is 1.39 bits per heavy atom. The number of nitrogens with two attached hydrogens (primary N) is 1. The Labute approximate surface area is 142 Å². The Morgan fingerprint density at radius 2 is 2.22 bits per heavy atom. The van der Waals surface area contributed by atoms with Gasteiger partial charge in [-0.25, -0.2) is 0 Å². The number of methoxy groups -OCH3 is 1. The van der Waals surface area contributed by atoms with E-state index in [0.29, 0.717) is 5.02 Å². The van der Waals surface area contributed by atoms with Gasteiger partial charge in [0.05, 0.1) is 18.7 Å². The van der Waals surface area contributed by atoms with Crippen LogP contribution in [-0.4, -0.2) is 38.2 Å². The van der Waals surface area contributed by atoms with Crippen molar-refractivity contribution >= 4 is 23.2 Å². The number of carbonyl (C=O) groups is 1. The van der Waals surface area contributed by atoms with Gasteiger partial charge in [0, 0.05) is 30.2 Å². The zero-order chi connectivity index (χ0) is 16.4. The molecule has 5 nitrogen and oxygen atoms in total. The van der Waals surface area contributed by atoms with Crippen molar-refractivity contribution in [1.82, 2.24) is 5.32 Å². The molecule has 2 fully saturated rings. The van der Waals surface area contributed by atoms with E-state index >= 15 is 0 Å².